The average Bonchev–Trinajstić information content (AvgIpc) is 3.05. The zero-order chi connectivity index (χ0) is 14.7. The highest BCUT2D eigenvalue weighted by molar-refractivity contribution is 6.30. The molecule has 1 atom stereocenters. The summed E-state index contributed by atoms with van der Waals surface area (Å²) >= 11 is 5.82. The van der Waals surface area contributed by atoms with E-state index in [4.69, 9.17) is 11.6 Å². The lowest BCUT2D eigenvalue weighted by molar-refractivity contribution is -0.133. The Bertz CT molecular complexity index is 591. The Balaban J connectivity index is 2.01. The summed E-state index contributed by atoms with van der Waals surface area (Å²) in [6, 6.07) is 1.53. The Kier molecular flexibility index (Phi) is 4.44. The van der Waals surface area contributed by atoms with E-state index in [0.717, 1.165) is 12.2 Å². The van der Waals surface area contributed by atoms with Crippen LogP contribution in [0.15, 0.2) is 24.7 Å². The molecule has 108 valence electrons. The Labute approximate surface area is 122 Å². The van der Waals surface area contributed by atoms with Crippen molar-refractivity contribution in [1.29, 1.82) is 0 Å². The molecule has 0 radical (unpaired) electrons. The van der Waals surface area contributed by atoms with E-state index in [9.17, 15) is 4.79 Å². The fourth-order valence-corrected chi connectivity index (χ4v) is 2.09. The van der Waals surface area contributed by atoms with Crippen LogP contribution < -0.4 is 0 Å². The summed E-state index contributed by atoms with van der Waals surface area (Å²) in [5.74, 6) is -0.0317. The van der Waals surface area contributed by atoms with Crippen LogP contribution in [0, 0.1) is 0 Å². The summed E-state index contributed by atoms with van der Waals surface area (Å²) in [6.07, 6.45) is 5.07. The smallest absolute Gasteiger partial charge is 0.247 e. The molecule has 2 aromatic heterocycles. The Hall–Kier alpha value is -1.82. The first-order valence-corrected chi connectivity index (χ1v) is 6.86. The van der Waals surface area contributed by atoms with Gasteiger partial charge in [0.05, 0.1) is 23.5 Å². The molecule has 0 aliphatic rings. The van der Waals surface area contributed by atoms with Crippen LogP contribution in [0.1, 0.15) is 25.6 Å². The van der Waals surface area contributed by atoms with E-state index < -0.39 is 0 Å². The van der Waals surface area contributed by atoms with Crippen LogP contribution in [0.3, 0.4) is 0 Å². The van der Waals surface area contributed by atoms with Crippen molar-refractivity contribution in [2.45, 2.75) is 33.0 Å². The summed E-state index contributed by atoms with van der Waals surface area (Å²) in [5.41, 5.74) is 0.869. The van der Waals surface area contributed by atoms with Gasteiger partial charge in [-0.05, 0) is 19.9 Å². The SMILES string of the molecule is CCn1ccc(CN(C)C(=O)C(C)n2cc(Cl)cn2)n1. The van der Waals surface area contributed by atoms with Crippen LogP contribution in [0.5, 0.6) is 0 Å². The first-order valence-electron chi connectivity index (χ1n) is 6.48. The van der Waals surface area contributed by atoms with Crippen molar-refractivity contribution in [3.63, 3.8) is 0 Å². The van der Waals surface area contributed by atoms with Crippen LogP contribution in [-0.4, -0.2) is 37.4 Å². The zero-order valence-corrected chi connectivity index (χ0v) is 12.6. The molecule has 2 rings (SSSR count). The molecule has 1 unspecified atom stereocenters. The van der Waals surface area contributed by atoms with Crippen LogP contribution >= 0.6 is 11.6 Å². The van der Waals surface area contributed by atoms with Crippen molar-refractivity contribution in [2.24, 2.45) is 0 Å². The van der Waals surface area contributed by atoms with Crippen LogP contribution in [0.4, 0.5) is 0 Å². The number of nitrogens with zero attached hydrogens (tertiary/aromatic N) is 5. The molecular weight excluding hydrogens is 278 g/mol. The van der Waals surface area contributed by atoms with Crippen molar-refractivity contribution in [2.75, 3.05) is 7.05 Å². The fraction of sp³-hybridized carbons (Fsp3) is 0.462. The van der Waals surface area contributed by atoms with Gasteiger partial charge in [-0.1, -0.05) is 11.6 Å². The first-order chi connectivity index (χ1) is 9.51. The van der Waals surface area contributed by atoms with Gasteiger partial charge < -0.3 is 4.90 Å². The molecule has 2 heterocycles. The van der Waals surface area contributed by atoms with Crippen LogP contribution in [0.2, 0.25) is 5.02 Å². The molecule has 0 aromatic carbocycles. The molecule has 6 nitrogen and oxygen atoms in total. The summed E-state index contributed by atoms with van der Waals surface area (Å²) in [5, 5.41) is 8.95. The van der Waals surface area contributed by atoms with Crippen LogP contribution in [-0.2, 0) is 17.9 Å². The fourth-order valence-electron chi connectivity index (χ4n) is 1.94. The number of halogens is 1. The molecule has 0 spiro atoms. The Morgan fingerprint density at radius 1 is 1.55 bits per heavy atom. The number of carbonyl (C=O) groups excluding carboxylic acids is 1. The van der Waals surface area contributed by atoms with Gasteiger partial charge in [0.1, 0.15) is 6.04 Å². The van der Waals surface area contributed by atoms with Crippen molar-refractivity contribution >= 4 is 17.5 Å². The normalized spacial score (nSPS) is 12.4. The predicted octanol–water partition coefficient (Wildman–Crippen LogP) is 1.97. The third-order valence-corrected chi connectivity index (χ3v) is 3.31. The maximum absolute atomic E-state index is 12.3. The maximum Gasteiger partial charge on any atom is 0.247 e. The molecule has 0 saturated heterocycles. The number of aryl methyl sites for hydroxylation is 1. The van der Waals surface area contributed by atoms with E-state index in [1.54, 1.807) is 29.7 Å². The number of carbonyl (C=O) groups is 1. The van der Waals surface area contributed by atoms with Gasteiger partial charge in [0, 0.05) is 26.0 Å². The lowest BCUT2D eigenvalue weighted by Crippen LogP contribution is -2.33. The molecule has 1 amide bonds. The van der Waals surface area contributed by atoms with Gasteiger partial charge in [0.15, 0.2) is 0 Å². The lowest BCUT2D eigenvalue weighted by Gasteiger charge is -2.20. The molecule has 20 heavy (non-hydrogen) atoms. The number of rotatable bonds is 5. The van der Waals surface area contributed by atoms with Gasteiger partial charge >= 0.3 is 0 Å². The molecule has 0 aliphatic carbocycles. The zero-order valence-electron chi connectivity index (χ0n) is 11.8. The topological polar surface area (TPSA) is 56.0 Å². The Morgan fingerprint density at radius 3 is 2.85 bits per heavy atom. The van der Waals surface area contributed by atoms with E-state index in [2.05, 4.69) is 10.2 Å². The summed E-state index contributed by atoms with van der Waals surface area (Å²) < 4.78 is 3.40. The van der Waals surface area contributed by atoms with Crippen molar-refractivity contribution in [3.8, 4) is 0 Å². The lowest BCUT2D eigenvalue weighted by atomic mass is 10.3. The minimum absolute atomic E-state index is 0.0317. The summed E-state index contributed by atoms with van der Waals surface area (Å²) in [7, 11) is 1.76. The van der Waals surface area contributed by atoms with Crippen molar-refractivity contribution in [1.82, 2.24) is 24.5 Å². The van der Waals surface area contributed by atoms with E-state index >= 15 is 0 Å². The number of amides is 1. The largest absolute Gasteiger partial charge is 0.338 e. The van der Waals surface area contributed by atoms with E-state index in [1.165, 1.54) is 6.20 Å². The van der Waals surface area contributed by atoms with Gasteiger partial charge in [-0.15, -0.1) is 0 Å². The molecule has 0 N–H and O–H groups in total. The van der Waals surface area contributed by atoms with Gasteiger partial charge in [0.2, 0.25) is 5.91 Å². The average molecular weight is 296 g/mol. The number of aromatic nitrogens is 4. The molecule has 0 fully saturated rings. The third-order valence-electron chi connectivity index (χ3n) is 3.12. The minimum Gasteiger partial charge on any atom is -0.338 e. The maximum atomic E-state index is 12.3. The highest BCUT2D eigenvalue weighted by atomic mass is 35.5. The van der Waals surface area contributed by atoms with Crippen LogP contribution in [0.25, 0.3) is 0 Å². The standard InChI is InChI=1S/C13H18ClN5O/c1-4-18-6-5-12(16-18)9-17(3)13(20)10(2)19-8-11(14)7-15-19/h5-8,10H,4,9H2,1-3H3. The van der Waals surface area contributed by atoms with Crippen molar-refractivity contribution < 1.29 is 4.79 Å². The molecule has 0 bridgehead atoms. The number of hydrogen-bond acceptors (Lipinski definition) is 3. The molecule has 7 heteroatoms. The molecular formula is C13H18ClN5O. The van der Waals surface area contributed by atoms with Gasteiger partial charge in [0.25, 0.3) is 0 Å². The second-order valence-corrected chi connectivity index (χ2v) is 5.11. The van der Waals surface area contributed by atoms with E-state index in [1.807, 2.05) is 23.9 Å². The van der Waals surface area contributed by atoms with Gasteiger partial charge in [-0.2, -0.15) is 10.2 Å². The minimum atomic E-state index is -0.388. The molecule has 0 aliphatic heterocycles. The van der Waals surface area contributed by atoms with Gasteiger partial charge in [-0.25, -0.2) is 0 Å². The molecule has 2 aromatic rings. The Morgan fingerprint density at radius 2 is 2.30 bits per heavy atom. The summed E-state index contributed by atoms with van der Waals surface area (Å²) in [4.78, 5) is 14.0. The second kappa shape index (κ2) is 6.09. The number of hydrogen-bond donors (Lipinski definition) is 0. The van der Waals surface area contributed by atoms with Gasteiger partial charge in [-0.3, -0.25) is 14.2 Å². The molecule has 0 saturated carbocycles. The van der Waals surface area contributed by atoms with Crippen molar-refractivity contribution in [3.05, 3.63) is 35.4 Å². The van der Waals surface area contributed by atoms with E-state index in [0.29, 0.717) is 11.6 Å². The monoisotopic (exact) mass is 295 g/mol. The summed E-state index contributed by atoms with van der Waals surface area (Å²) in [6.45, 7) is 5.12. The quantitative estimate of drug-likeness (QED) is 0.847. The highest BCUT2D eigenvalue weighted by Gasteiger charge is 2.20. The number of likely N-dealkylation sites (N-methyl/N-ethyl adjacent to an activating group) is 1. The first kappa shape index (κ1) is 14.6. The predicted molar refractivity (Wildman–Crippen MR) is 76.3 cm³/mol. The highest BCUT2D eigenvalue weighted by Crippen LogP contribution is 2.13. The third kappa shape index (κ3) is 3.19. The second-order valence-electron chi connectivity index (χ2n) is 4.67. The van der Waals surface area contributed by atoms with E-state index in [-0.39, 0.29) is 11.9 Å².